The third-order valence-electron chi connectivity index (χ3n) is 3.26. The molecule has 0 heterocycles. The predicted octanol–water partition coefficient (Wildman–Crippen LogP) is -0.588. The van der Waals surface area contributed by atoms with Crippen molar-refractivity contribution < 1.29 is 52.5 Å². The van der Waals surface area contributed by atoms with Crippen LogP contribution in [-0.4, -0.2) is 73.3 Å². The van der Waals surface area contributed by atoms with E-state index in [9.17, 15) is 28.8 Å². The zero-order chi connectivity index (χ0) is 23.4. The standard InChI is InChI=1S/C18H27NO11/c1-7-19-18(25)17(30-13(6)24)16(29-12(5)23)15(28-11(4)22)14(27-10(3)21)8-26-9(2)20/h14-17H,7-8H2,1-6H3,(H,19,25)/t14-,15+,16+,17-/m1/s1. The molecule has 0 spiro atoms. The van der Waals surface area contributed by atoms with Crippen LogP contribution in [0.1, 0.15) is 41.5 Å². The number of nitrogens with one attached hydrogen (secondary N) is 1. The second-order valence-electron chi connectivity index (χ2n) is 6.02. The largest absolute Gasteiger partial charge is 0.462 e. The average molecular weight is 433 g/mol. The molecule has 0 saturated heterocycles. The zero-order valence-electron chi connectivity index (χ0n) is 17.7. The third-order valence-corrected chi connectivity index (χ3v) is 3.26. The van der Waals surface area contributed by atoms with Crippen LogP contribution < -0.4 is 5.32 Å². The minimum Gasteiger partial charge on any atom is -0.462 e. The highest BCUT2D eigenvalue weighted by Crippen LogP contribution is 2.20. The Labute approximate surface area is 173 Å². The summed E-state index contributed by atoms with van der Waals surface area (Å²) in [4.78, 5) is 70.2. The van der Waals surface area contributed by atoms with Crippen molar-refractivity contribution in [1.82, 2.24) is 5.32 Å². The summed E-state index contributed by atoms with van der Waals surface area (Å²) in [5.74, 6) is -5.13. The first-order chi connectivity index (χ1) is 13.9. The van der Waals surface area contributed by atoms with Crippen LogP contribution in [0.2, 0.25) is 0 Å². The molecule has 0 aliphatic heterocycles. The summed E-state index contributed by atoms with van der Waals surface area (Å²) < 4.78 is 25.2. The Morgan fingerprint density at radius 1 is 0.667 bits per heavy atom. The highest BCUT2D eigenvalue weighted by Gasteiger charge is 2.46. The molecular formula is C18H27NO11. The van der Waals surface area contributed by atoms with Gasteiger partial charge in [-0.05, 0) is 6.92 Å². The van der Waals surface area contributed by atoms with Crippen molar-refractivity contribution >= 4 is 35.8 Å². The van der Waals surface area contributed by atoms with Crippen molar-refractivity contribution in [3.05, 3.63) is 0 Å². The van der Waals surface area contributed by atoms with Gasteiger partial charge in [0.15, 0.2) is 18.3 Å². The van der Waals surface area contributed by atoms with E-state index >= 15 is 0 Å². The molecule has 1 amide bonds. The van der Waals surface area contributed by atoms with Crippen molar-refractivity contribution in [2.45, 2.75) is 66.0 Å². The molecule has 0 fully saturated rings. The van der Waals surface area contributed by atoms with Gasteiger partial charge < -0.3 is 29.0 Å². The molecule has 0 aliphatic rings. The Kier molecular flexibility index (Phi) is 11.7. The van der Waals surface area contributed by atoms with Crippen molar-refractivity contribution in [1.29, 1.82) is 0 Å². The summed E-state index contributed by atoms with van der Waals surface area (Å²) in [6.07, 6.45) is -6.61. The molecular weight excluding hydrogens is 406 g/mol. The number of hydrogen-bond acceptors (Lipinski definition) is 11. The molecule has 0 bridgehead atoms. The summed E-state index contributed by atoms with van der Waals surface area (Å²) in [6, 6.07) is 0. The Morgan fingerprint density at radius 2 is 1.13 bits per heavy atom. The number of hydrogen-bond donors (Lipinski definition) is 1. The van der Waals surface area contributed by atoms with Crippen LogP contribution in [0.15, 0.2) is 0 Å². The molecule has 12 heteroatoms. The fraction of sp³-hybridized carbons (Fsp3) is 0.667. The minimum atomic E-state index is -1.76. The van der Waals surface area contributed by atoms with Gasteiger partial charge in [-0.15, -0.1) is 0 Å². The first kappa shape index (κ1) is 26.8. The Morgan fingerprint density at radius 3 is 1.53 bits per heavy atom. The molecule has 0 aromatic heterocycles. The molecule has 0 saturated carbocycles. The molecule has 0 aromatic rings. The zero-order valence-corrected chi connectivity index (χ0v) is 17.7. The van der Waals surface area contributed by atoms with E-state index in [1.54, 1.807) is 6.92 Å². The normalized spacial score (nSPS) is 14.2. The molecule has 12 nitrogen and oxygen atoms in total. The van der Waals surface area contributed by atoms with Gasteiger partial charge in [0, 0.05) is 41.2 Å². The molecule has 0 aromatic carbocycles. The van der Waals surface area contributed by atoms with Gasteiger partial charge in [-0.3, -0.25) is 28.8 Å². The van der Waals surface area contributed by atoms with Crippen molar-refractivity contribution in [2.75, 3.05) is 13.2 Å². The van der Waals surface area contributed by atoms with Crippen molar-refractivity contribution in [2.24, 2.45) is 0 Å². The van der Waals surface area contributed by atoms with Crippen molar-refractivity contribution in [3.63, 3.8) is 0 Å². The Hall–Kier alpha value is -3.18. The van der Waals surface area contributed by atoms with E-state index in [4.69, 9.17) is 23.7 Å². The number of ether oxygens (including phenoxy) is 5. The van der Waals surface area contributed by atoms with Crippen LogP contribution in [0.5, 0.6) is 0 Å². The van der Waals surface area contributed by atoms with Gasteiger partial charge in [0.2, 0.25) is 6.10 Å². The van der Waals surface area contributed by atoms with Crippen LogP contribution in [0, 0.1) is 0 Å². The van der Waals surface area contributed by atoms with Gasteiger partial charge in [0.05, 0.1) is 0 Å². The molecule has 4 atom stereocenters. The van der Waals surface area contributed by atoms with E-state index in [2.05, 4.69) is 5.32 Å². The first-order valence-electron chi connectivity index (χ1n) is 8.98. The number of carbonyl (C=O) groups is 6. The lowest BCUT2D eigenvalue weighted by Crippen LogP contribution is -2.57. The molecule has 30 heavy (non-hydrogen) atoms. The van der Waals surface area contributed by atoms with E-state index in [0.29, 0.717) is 0 Å². The topological polar surface area (TPSA) is 161 Å². The van der Waals surface area contributed by atoms with E-state index in [0.717, 1.165) is 34.6 Å². The lowest BCUT2D eigenvalue weighted by molar-refractivity contribution is -0.203. The number of rotatable bonds is 11. The third kappa shape index (κ3) is 10.4. The van der Waals surface area contributed by atoms with Crippen LogP contribution in [0.3, 0.4) is 0 Å². The highest BCUT2D eigenvalue weighted by molar-refractivity contribution is 5.84. The summed E-state index contributed by atoms with van der Waals surface area (Å²) in [5.41, 5.74) is 0. The summed E-state index contributed by atoms with van der Waals surface area (Å²) >= 11 is 0. The molecule has 1 N–H and O–H groups in total. The Balaban J connectivity index is 6.34. The van der Waals surface area contributed by atoms with Gasteiger partial charge in [0.25, 0.3) is 5.91 Å². The van der Waals surface area contributed by atoms with Crippen molar-refractivity contribution in [3.8, 4) is 0 Å². The van der Waals surface area contributed by atoms with Crippen LogP contribution in [0.25, 0.3) is 0 Å². The summed E-state index contributed by atoms with van der Waals surface area (Å²) in [6.45, 7) is 6.31. The van der Waals surface area contributed by atoms with E-state index in [1.807, 2.05) is 0 Å². The molecule has 0 radical (unpaired) electrons. The quantitative estimate of drug-likeness (QED) is 0.327. The summed E-state index contributed by atoms with van der Waals surface area (Å²) in [5, 5.41) is 2.40. The maximum absolute atomic E-state index is 12.5. The van der Waals surface area contributed by atoms with Gasteiger partial charge in [-0.1, -0.05) is 0 Å². The smallest absolute Gasteiger partial charge is 0.303 e. The van der Waals surface area contributed by atoms with Crippen LogP contribution in [-0.2, 0) is 52.5 Å². The molecule has 170 valence electrons. The molecule has 0 aliphatic carbocycles. The van der Waals surface area contributed by atoms with E-state index in [1.165, 1.54) is 0 Å². The lowest BCUT2D eigenvalue weighted by atomic mass is 10.0. The number of likely N-dealkylation sites (N-methyl/N-ethyl adjacent to an activating group) is 1. The number of carbonyl (C=O) groups excluding carboxylic acids is 6. The second kappa shape index (κ2) is 13.1. The maximum Gasteiger partial charge on any atom is 0.303 e. The van der Waals surface area contributed by atoms with Gasteiger partial charge >= 0.3 is 29.8 Å². The summed E-state index contributed by atoms with van der Waals surface area (Å²) in [7, 11) is 0. The SMILES string of the molecule is CCNC(=O)[C@H](OC(C)=O)[C@@H](OC(C)=O)[C@@H](OC(C)=O)[C@@H](COC(C)=O)OC(C)=O. The number of amides is 1. The van der Waals surface area contributed by atoms with Crippen LogP contribution in [0.4, 0.5) is 0 Å². The second-order valence-corrected chi connectivity index (χ2v) is 6.02. The van der Waals surface area contributed by atoms with E-state index < -0.39 is 66.8 Å². The fourth-order valence-corrected chi connectivity index (χ4v) is 2.37. The highest BCUT2D eigenvalue weighted by atomic mass is 16.6. The van der Waals surface area contributed by atoms with Crippen LogP contribution >= 0.6 is 0 Å². The van der Waals surface area contributed by atoms with Gasteiger partial charge in [-0.2, -0.15) is 0 Å². The predicted molar refractivity (Wildman–Crippen MR) is 97.5 cm³/mol. The van der Waals surface area contributed by atoms with E-state index in [-0.39, 0.29) is 6.54 Å². The fourth-order valence-electron chi connectivity index (χ4n) is 2.37. The molecule has 0 unspecified atom stereocenters. The minimum absolute atomic E-state index is 0.141. The first-order valence-corrected chi connectivity index (χ1v) is 8.98. The van der Waals surface area contributed by atoms with Gasteiger partial charge in [0.1, 0.15) is 6.61 Å². The Bertz CT molecular complexity index is 661. The maximum atomic E-state index is 12.5. The number of esters is 5. The van der Waals surface area contributed by atoms with Gasteiger partial charge in [-0.25, -0.2) is 0 Å². The monoisotopic (exact) mass is 433 g/mol. The lowest BCUT2D eigenvalue weighted by Gasteiger charge is -2.34. The average Bonchev–Trinajstić information content (AvgIpc) is 2.59. The molecule has 0 rings (SSSR count).